The van der Waals surface area contributed by atoms with Crippen LogP contribution in [-0.4, -0.2) is 35.6 Å². The van der Waals surface area contributed by atoms with Crippen molar-refractivity contribution in [2.45, 2.75) is 6.18 Å². The summed E-state index contributed by atoms with van der Waals surface area (Å²) in [5, 5.41) is 8.83. The van der Waals surface area contributed by atoms with Gasteiger partial charge in [0, 0.05) is 18.7 Å². The van der Waals surface area contributed by atoms with Crippen molar-refractivity contribution >= 4 is 5.91 Å². The van der Waals surface area contributed by atoms with Gasteiger partial charge < -0.3 is 10.0 Å². The van der Waals surface area contributed by atoms with E-state index in [-0.39, 0.29) is 25.3 Å². The number of carbonyl (C=O) groups is 1. The minimum absolute atomic E-state index is 0.0428. The molecule has 0 unspecified atom stereocenters. The minimum Gasteiger partial charge on any atom is -0.395 e. The second-order valence-electron chi connectivity index (χ2n) is 3.84. The Bertz CT molecular complexity index is 457. The van der Waals surface area contributed by atoms with Gasteiger partial charge >= 0.3 is 6.18 Å². The molecular formula is C13H14F3NO2. The number of amides is 1. The lowest BCUT2D eigenvalue weighted by Crippen LogP contribution is -2.33. The van der Waals surface area contributed by atoms with Gasteiger partial charge in [0.1, 0.15) is 0 Å². The number of hydrogen-bond acceptors (Lipinski definition) is 2. The molecule has 0 aliphatic heterocycles. The summed E-state index contributed by atoms with van der Waals surface area (Å²) >= 11 is 0. The Morgan fingerprint density at radius 3 is 2.63 bits per heavy atom. The zero-order valence-corrected chi connectivity index (χ0v) is 10.2. The van der Waals surface area contributed by atoms with Crippen LogP contribution in [0.5, 0.6) is 0 Å². The molecule has 104 valence electrons. The maximum absolute atomic E-state index is 12.5. The monoisotopic (exact) mass is 273 g/mol. The molecule has 0 spiro atoms. The van der Waals surface area contributed by atoms with Gasteiger partial charge in [0.05, 0.1) is 12.2 Å². The molecule has 0 aliphatic carbocycles. The van der Waals surface area contributed by atoms with E-state index in [0.29, 0.717) is 0 Å². The molecule has 6 heteroatoms. The molecule has 0 atom stereocenters. The first-order valence-corrected chi connectivity index (χ1v) is 5.58. The highest BCUT2D eigenvalue weighted by Gasteiger charge is 2.31. The topological polar surface area (TPSA) is 40.5 Å². The number of aliphatic hydroxyl groups excluding tert-OH is 1. The van der Waals surface area contributed by atoms with Crippen LogP contribution >= 0.6 is 0 Å². The summed E-state index contributed by atoms with van der Waals surface area (Å²) in [5.41, 5.74) is -0.939. The zero-order chi connectivity index (χ0) is 14.5. The van der Waals surface area contributed by atoms with Crippen molar-refractivity contribution in [2.24, 2.45) is 0 Å². The van der Waals surface area contributed by atoms with E-state index >= 15 is 0 Å². The average molecular weight is 273 g/mol. The molecule has 1 aromatic carbocycles. The standard InChI is InChI=1S/C13H14F3NO2/c1-2-6-17(7-8-18)12(19)10-4-3-5-11(9-10)13(14,15)16/h2-5,9,18H,1,6-8H2. The number of hydrogen-bond donors (Lipinski definition) is 1. The second kappa shape index (κ2) is 6.38. The summed E-state index contributed by atoms with van der Waals surface area (Å²) in [7, 11) is 0. The van der Waals surface area contributed by atoms with Crippen LogP contribution in [0.3, 0.4) is 0 Å². The number of halogens is 3. The van der Waals surface area contributed by atoms with Crippen LogP contribution in [-0.2, 0) is 6.18 Å². The third-order valence-corrected chi connectivity index (χ3v) is 2.44. The SMILES string of the molecule is C=CCN(CCO)C(=O)c1cccc(C(F)(F)F)c1. The van der Waals surface area contributed by atoms with E-state index in [1.165, 1.54) is 23.1 Å². The van der Waals surface area contributed by atoms with Gasteiger partial charge in [0.25, 0.3) is 5.91 Å². The van der Waals surface area contributed by atoms with Crippen LogP contribution in [0, 0.1) is 0 Å². The fourth-order valence-electron chi connectivity index (χ4n) is 1.56. The van der Waals surface area contributed by atoms with Gasteiger partial charge in [-0.3, -0.25) is 4.79 Å². The van der Waals surface area contributed by atoms with E-state index in [2.05, 4.69) is 6.58 Å². The molecule has 0 aliphatic rings. The molecule has 19 heavy (non-hydrogen) atoms. The Balaban J connectivity index is 3.01. The maximum atomic E-state index is 12.5. The largest absolute Gasteiger partial charge is 0.416 e. The van der Waals surface area contributed by atoms with Gasteiger partial charge in [-0.1, -0.05) is 12.1 Å². The summed E-state index contributed by atoms with van der Waals surface area (Å²) in [5.74, 6) is -0.569. The summed E-state index contributed by atoms with van der Waals surface area (Å²) in [6.45, 7) is 3.40. The predicted molar refractivity (Wildman–Crippen MR) is 64.6 cm³/mol. The van der Waals surface area contributed by atoms with Crippen molar-refractivity contribution in [2.75, 3.05) is 19.7 Å². The maximum Gasteiger partial charge on any atom is 0.416 e. The first kappa shape index (κ1) is 15.2. The Labute approximate surface area is 109 Å². The lowest BCUT2D eigenvalue weighted by Gasteiger charge is -2.20. The van der Waals surface area contributed by atoms with E-state index in [9.17, 15) is 18.0 Å². The fraction of sp³-hybridized carbons (Fsp3) is 0.308. The highest BCUT2D eigenvalue weighted by Crippen LogP contribution is 2.29. The van der Waals surface area contributed by atoms with E-state index in [1.54, 1.807) is 0 Å². The van der Waals surface area contributed by atoms with Crippen LogP contribution in [0.15, 0.2) is 36.9 Å². The number of aliphatic hydroxyl groups is 1. The van der Waals surface area contributed by atoms with Crippen molar-refractivity contribution < 1.29 is 23.1 Å². The zero-order valence-electron chi connectivity index (χ0n) is 10.2. The predicted octanol–water partition coefficient (Wildman–Crippen LogP) is 2.33. The van der Waals surface area contributed by atoms with Crippen molar-refractivity contribution in [3.8, 4) is 0 Å². The van der Waals surface area contributed by atoms with E-state index < -0.39 is 17.6 Å². The van der Waals surface area contributed by atoms with Gasteiger partial charge in [-0.25, -0.2) is 0 Å². The van der Waals surface area contributed by atoms with Gasteiger partial charge in [-0.2, -0.15) is 13.2 Å². The Kier molecular flexibility index (Phi) is 5.11. The third-order valence-electron chi connectivity index (χ3n) is 2.44. The first-order valence-electron chi connectivity index (χ1n) is 5.58. The molecule has 1 amide bonds. The van der Waals surface area contributed by atoms with Crippen LogP contribution < -0.4 is 0 Å². The third kappa shape index (κ3) is 4.10. The van der Waals surface area contributed by atoms with E-state index in [1.807, 2.05) is 0 Å². The number of nitrogens with zero attached hydrogens (tertiary/aromatic N) is 1. The molecule has 0 heterocycles. The normalized spacial score (nSPS) is 11.2. The highest BCUT2D eigenvalue weighted by molar-refractivity contribution is 5.94. The summed E-state index contributed by atoms with van der Waals surface area (Å²) in [6.07, 6.45) is -3.04. The fourth-order valence-corrected chi connectivity index (χ4v) is 1.56. The lowest BCUT2D eigenvalue weighted by atomic mass is 10.1. The van der Waals surface area contributed by atoms with Gasteiger partial charge in [-0.15, -0.1) is 6.58 Å². The second-order valence-corrected chi connectivity index (χ2v) is 3.84. The summed E-state index contributed by atoms with van der Waals surface area (Å²) < 4.78 is 37.6. The highest BCUT2D eigenvalue weighted by atomic mass is 19.4. The number of benzene rings is 1. The molecular weight excluding hydrogens is 259 g/mol. The van der Waals surface area contributed by atoms with Crippen LogP contribution in [0.2, 0.25) is 0 Å². The molecule has 0 aromatic heterocycles. The van der Waals surface area contributed by atoms with Gasteiger partial charge in [-0.05, 0) is 18.2 Å². The van der Waals surface area contributed by atoms with E-state index in [0.717, 1.165) is 12.1 Å². The summed E-state index contributed by atoms with van der Waals surface area (Å²) in [6, 6.07) is 4.20. The number of alkyl halides is 3. The van der Waals surface area contributed by atoms with Crippen molar-refractivity contribution in [3.05, 3.63) is 48.0 Å². The summed E-state index contributed by atoms with van der Waals surface area (Å²) in [4.78, 5) is 13.2. The lowest BCUT2D eigenvalue weighted by molar-refractivity contribution is -0.137. The van der Waals surface area contributed by atoms with E-state index in [4.69, 9.17) is 5.11 Å². The minimum atomic E-state index is -4.49. The van der Waals surface area contributed by atoms with Crippen molar-refractivity contribution in [3.63, 3.8) is 0 Å². The Morgan fingerprint density at radius 2 is 2.11 bits per heavy atom. The first-order chi connectivity index (χ1) is 8.90. The van der Waals surface area contributed by atoms with Crippen LogP contribution in [0.1, 0.15) is 15.9 Å². The quantitative estimate of drug-likeness (QED) is 0.836. The molecule has 0 bridgehead atoms. The molecule has 1 rings (SSSR count). The van der Waals surface area contributed by atoms with Crippen LogP contribution in [0.4, 0.5) is 13.2 Å². The van der Waals surface area contributed by atoms with Crippen molar-refractivity contribution in [1.82, 2.24) is 4.90 Å². The molecule has 0 radical (unpaired) electrons. The smallest absolute Gasteiger partial charge is 0.395 e. The molecule has 3 nitrogen and oxygen atoms in total. The number of carbonyl (C=O) groups excluding carboxylic acids is 1. The molecule has 1 N–H and O–H groups in total. The van der Waals surface area contributed by atoms with Gasteiger partial charge in [0.15, 0.2) is 0 Å². The van der Waals surface area contributed by atoms with Crippen LogP contribution in [0.25, 0.3) is 0 Å². The van der Waals surface area contributed by atoms with Crippen molar-refractivity contribution in [1.29, 1.82) is 0 Å². The molecule has 0 saturated heterocycles. The molecule has 1 aromatic rings. The van der Waals surface area contributed by atoms with Gasteiger partial charge in [0.2, 0.25) is 0 Å². The molecule has 0 saturated carbocycles. The average Bonchev–Trinajstić information content (AvgIpc) is 2.37. The Morgan fingerprint density at radius 1 is 1.42 bits per heavy atom. The Hall–Kier alpha value is -1.82. The molecule has 0 fully saturated rings. The number of rotatable bonds is 5.